The van der Waals surface area contributed by atoms with Gasteiger partial charge in [-0.05, 0) is 42.0 Å². The Morgan fingerprint density at radius 3 is 2.04 bits per heavy atom. The Morgan fingerprint density at radius 1 is 0.962 bits per heavy atom. The topological polar surface area (TPSA) is 77.8 Å². The lowest BCUT2D eigenvalue weighted by Gasteiger charge is -2.24. The number of aliphatic hydroxyl groups excluding tert-OH is 2. The molecular weight excluding hydrogens is 377 g/mol. The van der Waals surface area contributed by atoms with E-state index in [1.54, 1.807) is 48.5 Å². The van der Waals surface area contributed by atoms with Gasteiger partial charge in [-0.1, -0.05) is 35.3 Å². The van der Waals surface area contributed by atoms with Crippen LogP contribution in [0.25, 0.3) is 5.76 Å². The van der Waals surface area contributed by atoms with E-state index in [4.69, 9.17) is 23.2 Å². The van der Waals surface area contributed by atoms with E-state index in [0.717, 1.165) is 0 Å². The molecule has 0 spiro atoms. The standard InChI is InChI=1S/C19H15Cl2NO4/c20-13-5-1-11(2-6-13)16-15(18(25)19(26)22(16)9-10-23)17(24)12-3-7-14(21)8-4-12/h1-8,16,23-24H,9-10H2/b17-15+/t16-/m1/s1. The van der Waals surface area contributed by atoms with Crippen molar-refractivity contribution in [3.05, 3.63) is 75.3 Å². The number of amides is 1. The Labute approximate surface area is 160 Å². The molecule has 7 heteroatoms. The van der Waals surface area contributed by atoms with Gasteiger partial charge in [0.15, 0.2) is 0 Å². The number of hydrogen-bond donors (Lipinski definition) is 2. The fourth-order valence-electron chi connectivity index (χ4n) is 2.97. The second kappa shape index (κ2) is 7.50. The number of rotatable bonds is 4. The van der Waals surface area contributed by atoms with E-state index in [9.17, 15) is 19.8 Å². The summed E-state index contributed by atoms with van der Waals surface area (Å²) in [6.07, 6.45) is 0. The van der Waals surface area contributed by atoms with Crippen LogP contribution in [-0.2, 0) is 9.59 Å². The minimum atomic E-state index is -0.810. The summed E-state index contributed by atoms with van der Waals surface area (Å²) < 4.78 is 0. The molecule has 1 aliphatic rings. The van der Waals surface area contributed by atoms with E-state index in [1.165, 1.54) is 4.90 Å². The summed E-state index contributed by atoms with van der Waals surface area (Å²) in [6.45, 7) is -0.340. The average molecular weight is 392 g/mol. The van der Waals surface area contributed by atoms with Gasteiger partial charge >= 0.3 is 0 Å². The van der Waals surface area contributed by atoms with Crippen LogP contribution in [0.3, 0.4) is 0 Å². The maximum Gasteiger partial charge on any atom is 0.295 e. The molecule has 2 aromatic carbocycles. The first-order valence-electron chi connectivity index (χ1n) is 7.84. The minimum absolute atomic E-state index is 0.0325. The lowest BCUT2D eigenvalue weighted by Crippen LogP contribution is -2.32. The molecule has 5 nitrogen and oxygen atoms in total. The summed E-state index contributed by atoms with van der Waals surface area (Å²) >= 11 is 11.8. The van der Waals surface area contributed by atoms with Crippen molar-refractivity contribution in [2.24, 2.45) is 0 Å². The number of hydrogen-bond acceptors (Lipinski definition) is 4. The Balaban J connectivity index is 2.17. The van der Waals surface area contributed by atoms with Crippen LogP contribution in [0, 0.1) is 0 Å². The average Bonchev–Trinajstić information content (AvgIpc) is 2.88. The molecule has 0 aliphatic carbocycles. The zero-order valence-electron chi connectivity index (χ0n) is 13.5. The predicted octanol–water partition coefficient (Wildman–Crippen LogP) is 3.41. The van der Waals surface area contributed by atoms with Gasteiger partial charge < -0.3 is 15.1 Å². The normalized spacial score (nSPS) is 19.2. The number of carbonyl (C=O) groups is 2. The lowest BCUT2D eigenvalue weighted by atomic mass is 9.95. The molecule has 1 aliphatic heterocycles. The van der Waals surface area contributed by atoms with Crippen molar-refractivity contribution < 1.29 is 19.8 Å². The molecule has 1 amide bonds. The van der Waals surface area contributed by atoms with E-state index >= 15 is 0 Å². The number of nitrogens with zero attached hydrogens (tertiary/aromatic N) is 1. The molecule has 0 saturated carbocycles. The van der Waals surface area contributed by atoms with E-state index < -0.39 is 17.7 Å². The number of β-amino-alcohol motifs (C(OH)–C–C–N with tert-alkyl or cyclic N) is 1. The quantitative estimate of drug-likeness (QED) is 0.475. The largest absolute Gasteiger partial charge is 0.507 e. The highest BCUT2D eigenvalue weighted by molar-refractivity contribution is 6.46. The first-order valence-corrected chi connectivity index (χ1v) is 8.60. The van der Waals surface area contributed by atoms with Crippen LogP contribution < -0.4 is 0 Å². The minimum Gasteiger partial charge on any atom is -0.507 e. The van der Waals surface area contributed by atoms with Crippen molar-refractivity contribution in [3.8, 4) is 0 Å². The number of carbonyl (C=O) groups excluding carboxylic acids is 2. The molecule has 3 rings (SSSR count). The summed E-state index contributed by atoms with van der Waals surface area (Å²) in [6, 6.07) is 12.1. The molecule has 1 fully saturated rings. The molecule has 0 radical (unpaired) electrons. The van der Waals surface area contributed by atoms with Crippen molar-refractivity contribution in [2.75, 3.05) is 13.2 Å². The van der Waals surface area contributed by atoms with Crippen LogP contribution in [0.4, 0.5) is 0 Å². The maximum absolute atomic E-state index is 12.6. The van der Waals surface area contributed by atoms with Crippen LogP contribution >= 0.6 is 23.2 Å². The molecule has 0 unspecified atom stereocenters. The second-order valence-electron chi connectivity index (χ2n) is 5.77. The highest BCUT2D eigenvalue weighted by Crippen LogP contribution is 2.39. The Morgan fingerprint density at radius 2 is 1.50 bits per heavy atom. The van der Waals surface area contributed by atoms with Gasteiger partial charge in [-0.2, -0.15) is 0 Å². The highest BCUT2D eigenvalue weighted by atomic mass is 35.5. The van der Waals surface area contributed by atoms with E-state index in [-0.39, 0.29) is 24.5 Å². The summed E-state index contributed by atoms with van der Waals surface area (Å²) in [7, 11) is 0. The van der Waals surface area contributed by atoms with Gasteiger partial charge in [-0.25, -0.2) is 0 Å². The highest BCUT2D eigenvalue weighted by Gasteiger charge is 2.45. The Bertz CT molecular complexity index is 875. The third-order valence-electron chi connectivity index (χ3n) is 4.18. The number of halogens is 2. The SMILES string of the molecule is O=C1C(=O)N(CCO)[C@H](c2ccc(Cl)cc2)/C1=C(\O)c1ccc(Cl)cc1. The van der Waals surface area contributed by atoms with Gasteiger partial charge in [0, 0.05) is 22.2 Å². The van der Waals surface area contributed by atoms with Crippen LogP contribution in [0.1, 0.15) is 17.2 Å². The molecule has 26 heavy (non-hydrogen) atoms. The van der Waals surface area contributed by atoms with Gasteiger partial charge in [0.25, 0.3) is 11.7 Å². The molecule has 0 aromatic heterocycles. The third kappa shape index (κ3) is 3.33. The molecule has 1 saturated heterocycles. The molecule has 1 atom stereocenters. The van der Waals surface area contributed by atoms with Gasteiger partial charge in [0.05, 0.1) is 18.2 Å². The first kappa shape index (κ1) is 18.5. The number of benzene rings is 2. The number of likely N-dealkylation sites (tertiary alicyclic amines) is 1. The summed E-state index contributed by atoms with van der Waals surface area (Å²) in [5.74, 6) is -1.86. The van der Waals surface area contributed by atoms with Crippen molar-refractivity contribution in [3.63, 3.8) is 0 Å². The Hall–Kier alpha value is -2.34. The fourth-order valence-corrected chi connectivity index (χ4v) is 3.23. The smallest absolute Gasteiger partial charge is 0.295 e. The van der Waals surface area contributed by atoms with E-state index in [0.29, 0.717) is 21.2 Å². The van der Waals surface area contributed by atoms with E-state index in [2.05, 4.69) is 0 Å². The molecular formula is C19H15Cl2NO4. The fraction of sp³-hybridized carbons (Fsp3) is 0.158. The van der Waals surface area contributed by atoms with Crippen molar-refractivity contribution in [1.29, 1.82) is 0 Å². The zero-order chi connectivity index (χ0) is 18.8. The van der Waals surface area contributed by atoms with Gasteiger partial charge in [-0.15, -0.1) is 0 Å². The van der Waals surface area contributed by atoms with Gasteiger partial charge in [0.1, 0.15) is 5.76 Å². The summed E-state index contributed by atoms with van der Waals surface area (Å²) in [4.78, 5) is 26.2. The molecule has 134 valence electrons. The lowest BCUT2D eigenvalue weighted by molar-refractivity contribution is -0.140. The summed E-state index contributed by atoms with van der Waals surface area (Å²) in [5.41, 5.74) is 0.945. The van der Waals surface area contributed by atoms with Crippen LogP contribution in [-0.4, -0.2) is 40.0 Å². The van der Waals surface area contributed by atoms with Gasteiger partial charge in [0.2, 0.25) is 0 Å². The molecule has 2 N–H and O–H groups in total. The van der Waals surface area contributed by atoms with Gasteiger partial charge in [-0.3, -0.25) is 9.59 Å². The van der Waals surface area contributed by atoms with Crippen molar-refractivity contribution in [2.45, 2.75) is 6.04 Å². The number of ketones is 1. The third-order valence-corrected chi connectivity index (χ3v) is 4.69. The molecule has 0 bridgehead atoms. The first-order chi connectivity index (χ1) is 12.4. The van der Waals surface area contributed by atoms with Crippen LogP contribution in [0.5, 0.6) is 0 Å². The zero-order valence-corrected chi connectivity index (χ0v) is 15.0. The van der Waals surface area contributed by atoms with E-state index in [1.807, 2.05) is 0 Å². The Kier molecular flexibility index (Phi) is 5.32. The van der Waals surface area contributed by atoms with Crippen molar-refractivity contribution >= 4 is 40.7 Å². The number of aliphatic hydroxyl groups is 2. The van der Waals surface area contributed by atoms with Crippen LogP contribution in [0.2, 0.25) is 10.0 Å². The maximum atomic E-state index is 12.6. The molecule has 2 aromatic rings. The monoisotopic (exact) mass is 391 g/mol. The number of Topliss-reactive ketones (excluding diaryl/α,β-unsaturated/α-hetero) is 1. The van der Waals surface area contributed by atoms with Crippen molar-refractivity contribution in [1.82, 2.24) is 4.90 Å². The molecule has 1 heterocycles. The summed E-state index contributed by atoms with van der Waals surface area (Å²) in [5, 5.41) is 21.0. The van der Waals surface area contributed by atoms with Crippen LogP contribution in [0.15, 0.2) is 54.1 Å². The second-order valence-corrected chi connectivity index (χ2v) is 6.65. The predicted molar refractivity (Wildman–Crippen MR) is 99.0 cm³/mol.